The third kappa shape index (κ3) is 2.55. The maximum atomic E-state index is 9.96. The molecule has 0 bridgehead atoms. The zero-order chi connectivity index (χ0) is 13.1. The van der Waals surface area contributed by atoms with Crippen molar-refractivity contribution in [1.29, 1.82) is 0 Å². The van der Waals surface area contributed by atoms with Crippen LogP contribution in [0, 0.1) is 5.92 Å². The minimum absolute atomic E-state index is 0.216. The van der Waals surface area contributed by atoms with Crippen molar-refractivity contribution in [2.75, 3.05) is 6.61 Å². The molecule has 5 heteroatoms. The SMILES string of the molecule is OC[C@H]1O[C@@H](C2C=CC=CC=C2)[C@H](O)[C@@H](O)[C@@H]1O. The molecule has 0 amide bonds. The van der Waals surface area contributed by atoms with Crippen molar-refractivity contribution in [3.63, 3.8) is 0 Å². The second kappa shape index (κ2) is 5.77. The van der Waals surface area contributed by atoms with E-state index in [1.807, 2.05) is 36.5 Å². The standard InChI is InChI=1S/C13H18O5/c14-7-9-10(15)11(16)12(17)13(18-9)8-5-3-1-2-4-6-8/h1-6,8-17H,7H2/t9-,10-,11+,12-,13+/m1/s1. The molecule has 18 heavy (non-hydrogen) atoms. The normalized spacial score (nSPS) is 41.0. The van der Waals surface area contributed by atoms with E-state index in [9.17, 15) is 15.3 Å². The molecule has 100 valence electrons. The second-order valence-corrected chi connectivity index (χ2v) is 4.53. The first-order valence-corrected chi connectivity index (χ1v) is 5.97. The molecular weight excluding hydrogens is 236 g/mol. The Hall–Kier alpha value is -0.980. The number of aliphatic hydroxyl groups is 4. The molecule has 4 N–H and O–H groups in total. The highest BCUT2D eigenvalue weighted by Gasteiger charge is 2.45. The van der Waals surface area contributed by atoms with Gasteiger partial charge in [0.05, 0.1) is 12.7 Å². The summed E-state index contributed by atoms with van der Waals surface area (Å²) in [5, 5.41) is 38.5. The summed E-state index contributed by atoms with van der Waals surface area (Å²) in [6.07, 6.45) is 5.66. The van der Waals surface area contributed by atoms with Crippen LogP contribution in [-0.2, 0) is 4.74 Å². The van der Waals surface area contributed by atoms with Gasteiger partial charge in [-0.2, -0.15) is 0 Å². The van der Waals surface area contributed by atoms with Gasteiger partial charge in [-0.3, -0.25) is 0 Å². The van der Waals surface area contributed by atoms with Gasteiger partial charge in [0.25, 0.3) is 0 Å². The van der Waals surface area contributed by atoms with E-state index in [0.29, 0.717) is 0 Å². The fourth-order valence-corrected chi connectivity index (χ4v) is 2.24. The van der Waals surface area contributed by atoms with Crippen LogP contribution in [0.3, 0.4) is 0 Å². The fourth-order valence-electron chi connectivity index (χ4n) is 2.24. The smallest absolute Gasteiger partial charge is 0.111 e. The van der Waals surface area contributed by atoms with Gasteiger partial charge in [0.15, 0.2) is 0 Å². The van der Waals surface area contributed by atoms with Crippen LogP contribution >= 0.6 is 0 Å². The largest absolute Gasteiger partial charge is 0.394 e. The molecule has 0 aromatic heterocycles. The summed E-state index contributed by atoms with van der Waals surface area (Å²) in [5.74, 6) is -0.216. The molecule has 2 rings (SSSR count). The fraction of sp³-hybridized carbons (Fsp3) is 0.538. The summed E-state index contributed by atoms with van der Waals surface area (Å²) >= 11 is 0. The highest BCUT2D eigenvalue weighted by atomic mass is 16.5. The molecular formula is C13H18O5. The number of hydrogen-bond acceptors (Lipinski definition) is 5. The quantitative estimate of drug-likeness (QED) is 0.514. The van der Waals surface area contributed by atoms with Crippen molar-refractivity contribution >= 4 is 0 Å². The Morgan fingerprint density at radius 2 is 1.44 bits per heavy atom. The van der Waals surface area contributed by atoms with E-state index in [1.54, 1.807) is 0 Å². The number of aliphatic hydroxyl groups excluding tert-OH is 4. The van der Waals surface area contributed by atoms with Crippen molar-refractivity contribution in [2.24, 2.45) is 5.92 Å². The lowest BCUT2D eigenvalue weighted by Crippen LogP contribution is -2.59. The van der Waals surface area contributed by atoms with Crippen LogP contribution in [0.5, 0.6) is 0 Å². The molecule has 5 nitrogen and oxygen atoms in total. The minimum Gasteiger partial charge on any atom is -0.394 e. The number of hydrogen-bond donors (Lipinski definition) is 4. The molecule has 0 radical (unpaired) electrons. The summed E-state index contributed by atoms with van der Waals surface area (Å²) in [4.78, 5) is 0. The highest BCUT2D eigenvalue weighted by molar-refractivity contribution is 5.21. The summed E-state index contributed by atoms with van der Waals surface area (Å²) in [6, 6.07) is 0. The molecule has 0 unspecified atom stereocenters. The van der Waals surface area contributed by atoms with Crippen molar-refractivity contribution in [3.8, 4) is 0 Å². The van der Waals surface area contributed by atoms with E-state index in [-0.39, 0.29) is 5.92 Å². The minimum atomic E-state index is -1.32. The molecule has 0 spiro atoms. The van der Waals surface area contributed by atoms with Gasteiger partial charge in [-0.15, -0.1) is 0 Å². The monoisotopic (exact) mass is 254 g/mol. The van der Waals surface area contributed by atoms with Crippen molar-refractivity contribution in [1.82, 2.24) is 0 Å². The Balaban J connectivity index is 2.16. The van der Waals surface area contributed by atoms with E-state index in [4.69, 9.17) is 9.84 Å². The number of rotatable bonds is 2. The van der Waals surface area contributed by atoms with E-state index in [0.717, 1.165) is 0 Å². The highest BCUT2D eigenvalue weighted by Crippen LogP contribution is 2.28. The van der Waals surface area contributed by atoms with Crippen molar-refractivity contribution in [3.05, 3.63) is 36.5 Å². The Morgan fingerprint density at radius 3 is 2.00 bits per heavy atom. The lowest BCUT2D eigenvalue weighted by molar-refractivity contribution is -0.234. The van der Waals surface area contributed by atoms with E-state index in [2.05, 4.69) is 0 Å². The van der Waals surface area contributed by atoms with Crippen molar-refractivity contribution in [2.45, 2.75) is 30.5 Å². The van der Waals surface area contributed by atoms with Crippen LogP contribution in [0.4, 0.5) is 0 Å². The van der Waals surface area contributed by atoms with Crippen LogP contribution in [0.1, 0.15) is 0 Å². The molecule has 2 aliphatic rings. The second-order valence-electron chi connectivity index (χ2n) is 4.53. The zero-order valence-electron chi connectivity index (χ0n) is 9.83. The first-order chi connectivity index (χ1) is 8.65. The predicted molar refractivity (Wildman–Crippen MR) is 64.7 cm³/mol. The molecule has 0 aromatic rings. The topological polar surface area (TPSA) is 90.2 Å². The van der Waals surface area contributed by atoms with Gasteiger partial charge in [0.1, 0.15) is 24.4 Å². The maximum Gasteiger partial charge on any atom is 0.111 e. The Kier molecular flexibility index (Phi) is 4.31. The molecule has 1 aliphatic carbocycles. The Morgan fingerprint density at radius 1 is 0.833 bits per heavy atom. The number of ether oxygens (including phenoxy) is 1. The molecule has 5 atom stereocenters. The molecule has 0 saturated carbocycles. The summed E-state index contributed by atoms with van der Waals surface area (Å²) in [5.41, 5.74) is 0. The molecule has 1 saturated heterocycles. The first kappa shape index (κ1) is 13.5. The Labute approximate surface area is 105 Å². The van der Waals surface area contributed by atoms with Crippen LogP contribution < -0.4 is 0 Å². The van der Waals surface area contributed by atoms with Crippen LogP contribution in [0.25, 0.3) is 0 Å². The molecule has 1 aliphatic heterocycles. The van der Waals surface area contributed by atoms with Crippen molar-refractivity contribution < 1.29 is 25.2 Å². The average Bonchev–Trinajstić information content (AvgIpc) is 2.65. The molecule has 0 aromatic carbocycles. The maximum absolute atomic E-state index is 9.96. The summed E-state index contributed by atoms with van der Waals surface area (Å²) in [7, 11) is 0. The van der Waals surface area contributed by atoms with Crippen LogP contribution in [0.15, 0.2) is 36.5 Å². The molecule has 1 fully saturated rings. The van der Waals surface area contributed by atoms with Crippen LogP contribution in [0.2, 0.25) is 0 Å². The third-order valence-electron chi connectivity index (χ3n) is 3.31. The third-order valence-corrected chi connectivity index (χ3v) is 3.31. The Bertz CT molecular complexity index is 344. The first-order valence-electron chi connectivity index (χ1n) is 5.97. The lowest BCUT2D eigenvalue weighted by Gasteiger charge is -2.42. The van der Waals surface area contributed by atoms with Gasteiger partial charge < -0.3 is 25.2 Å². The van der Waals surface area contributed by atoms with Gasteiger partial charge in [-0.05, 0) is 0 Å². The van der Waals surface area contributed by atoms with E-state index < -0.39 is 37.1 Å². The van der Waals surface area contributed by atoms with Gasteiger partial charge in [-0.25, -0.2) is 0 Å². The van der Waals surface area contributed by atoms with Gasteiger partial charge >= 0.3 is 0 Å². The zero-order valence-corrected chi connectivity index (χ0v) is 9.83. The van der Waals surface area contributed by atoms with E-state index in [1.165, 1.54) is 0 Å². The van der Waals surface area contributed by atoms with Gasteiger partial charge in [0.2, 0.25) is 0 Å². The van der Waals surface area contributed by atoms with Gasteiger partial charge in [0, 0.05) is 5.92 Å². The molecule has 1 heterocycles. The summed E-state index contributed by atoms with van der Waals surface area (Å²) < 4.78 is 5.49. The van der Waals surface area contributed by atoms with Gasteiger partial charge in [-0.1, -0.05) is 36.5 Å². The number of allylic oxidation sites excluding steroid dienone is 4. The van der Waals surface area contributed by atoms with Crippen LogP contribution in [-0.4, -0.2) is 57.6 Å². The lowest BCUT2D eigenvalue weighted by atomic mass is 9.87. The predicted octanol–water partition coefficient (Wildman–Crippen LogP) is -0.873. The summed E-state index contributed by atoms with van der Waals surface area (Å²) in [6.45, 7) is -0.403. The van der Waals surface area contributed by atoms with E-state index >= 15 is 0 Å². The average molecular weight is 254 g/mol.